The maximum Gasteiger partial charge on any atom is 0.142 e. The van der Waals surface area contributed by atoms with Gasteiger partial charge in [0, 0.05) is 6.54 Å². The second-order valence-corrected chi connectivity index (χ2v) is 6.72. The lowest BCUT2D eigenvalue weighted by atomic mass is 10.0. The summed E-state index contributed by atoms with van der Waals surface area (Å²) >= 11 is 5.92. The van der Waals surface area contributed by atoms with Crippen molar-refractivity contribution in [2.45, 2.75) is 34.2 Å². The Morgan fingerprint density at radius 2 is 1.83 bits per heavy atom. The van der Waals surface area contributed by atoms with Crippen LogP contribution in [0.3, 0.4) is 0 Å². The minimum Gasteiger partial charge on any atom is -0.312 e. The first-order valence-electron chi connectivity index (χ1n) is 6.42. The van der Waals surface area contributed by atoms with Gasteiger partial charge in [-0.15, -0.1) is 0 Å². The molecule has 2 rings (SSSR count). The van der Waals surface area contributed by atoms with Crippen LogP contribution in [0.1, 0.15) is 33.3 Å². The Kier molecular flexibility index (Phi) is 3.46. The van der Waals surface area contributed by atoms with Crippen molar-refractivity contribution in [3.63, 3.8) is 0 Å². The quantitative estimate of drug-likeness (QED) is 0.862. The van der Waals surface area contributed by atoms with E-state index in [4.69, 9.17) is 11.6 Å². The van der Waals surface area contributed by atoms with Gasteiger partial charge in [-0.3, -0.25) is 0 Å². The molecule has 1 aliphatic carbocycles. The van der Waals surface area contributed by atoms with Crippen LogP contribution in [0.25, 0.3) is 0 Å². The van der Waals surface area contributed by atoms with E-state index in [0.717, 1.165) is 12.1 Å². The monoisotopic (exact) mass is 269 g/mol. The Morgan fingerprint density at radius 1 is 1.22 bits per heavy atom. The van der Waals surface area contributed by atoms with Crippen LogP contribution in [0.15, 0.2) is 18.2 Å². The Morgan fingerprint density at radius 3 is 2.39 bits per heavy atom. The maximum atomic E-state index is 13.3. The zero-order valence-electron chi connectivity index (χ0n) is 11.5. The lowest BCUT2D eigenvalue weighted by molar-refractivity contribution is 0.457. The molecule has 0 bridgehead atoms. The van der Waals surface area contributed by atoms with Gasteiger partial charge in [-0.1, -0.05) is 51.4 Å². The summed E-state index contributed by atoms with van der Waals surface area (Å²) in [5.41, 5.74) is 1.59. The summed E-state index contributed by atoms with van der Waals surface area (Å²) in [5, 5.41) is 3.63. The lowest BCUT2D eigenvalue weighted by Gasteiger charge is -2.08. The molecule has 1 fully saturated rings. The van der Waals surface area contributed by atoms with Gasteiger partial charge in [-0.25, -0.2) is 4.39 Å². The first kappa shape index (κ1) is 13.8. The number of halogens is 2. The summed E-state index contributed by atoms with van der Waals surface area (Å²) in [6.07, 6.45) is 0. The van der Waals surface area contributed by atoms with Crippen LogP contribution >= 0.6 is 11.6 Å². The zero-order valence-corrected chi connectivity index (χ0v) is 12.2. The van der Waals surface area contributed by atoms with Gasteiger partial charge in [0.05, 0.1) is 5.02 Å². The molecule has 0 radical (unpaired) electrons. The van der Waals surface area contributed by atoms with Gasteiger partial charge in [0.2, 0.25) is 0 Å². The van der Waals surface area contributed by atoms with E-state index in [0.29, 0.717) is 23.3 Å². The average molecular weight is 270 g/mol. The molecular formula is C15H21ClFN. The van der Waals surface area contributed by atoms with Gasteiger partial charge in [0.25, 0.3) is 0 Å². The van der Waals surface area contributed by atoms with Crippen molar-refractivity contribution in [1.29, 1.82) is 0 Å². The summed E-state index contributed by atoms with van der Waals surface area (Å²) < 4.78 is 13.3. The molecule has 18 heavy (non-hydrogen) atoms. The number of hydrogen-bond acceptors (Lipinski definition) is 1. The summed E-state index contributed by atoms with van der Waals surface area (Å²) in [5.74, 6) is 0.320. The fourth-order valence-electron chi connectivity index (χ4n) is 2.88. The van der Waals surface area contributed by atoms with E-state index >= 15 is 0 Å². The molecule has 1 aromatic carbocycles. The van der Waals surface area contributed by atoms with Gasteiger partial charge in [0.1, 0.15) is 5.82 Å². The van der Waals surface area contributed by atoms with Crippen LogP contribution in [-0.4, -0.2) is 6.54 Å². The third kappa shape index (κ3) is 2.17. The molecule has 0 aromatic heterocycles. The Bertz CT molecular complexity index is 440. The first-order chi connectivity index (χ1) is 8.28. The van der Waals surface area contributed by atoms with E-state index < -0.39 is 0 Å². The Balaban J connectivity index is 1.89. The van der Waals surface area contributed by atoms with Crippen molar-refractivity contribution < 1.29 is 4.39 Å². The number of benzene rings is 1. The van der Waals surface area contributed by atoms with Crippen LogP contribution in [0.5, 0.6) is 0 Å². The summed E-state index contributed by atoms with van der Waals surface area (Å²) in [6, 6.07) is 4.95. The van der Waals surface area contributed by atoms with Gasteiger partial charge in [-0.05, 0) is 34.9 Å². The highest BCUT2D eigenvalue weighted by Gasteiger charge is 2.63. The fourth-order valence-corrected chi connectivity index (χ4v) is 3.07. The highest BCUT2D eigenvalue weighted by atomic mass is 35.5. The molecule has 1 aliphatic rings. The maximum absolute atomic E-state index is 13.3. The smallest absolute Gasteiger partial charge is 0.142 e. The predicted molar refractivity (Wildman–Crippen MR) is 74.2 cm³/mol. The molecule has 0 atom stereocenters. The van der Waals surface area contributed by atoms with Crippen molar-refractivity contribution in [2.24, 2.45) is 16.7 Å². The molecule has 1 N–H and O–H groups in total. The summed E-state index contributed by atoms with van der Waals surface area (Å²) in [4.78, 5) is 0. The van der Waals surface area contributed by atoms with Crippen LogP contribution in [-0.2, 0) is 6.54 Å². The second-order valence-electron chi connectivity index (χ2n) is 6.34. The van der Waals surface area contributed by atoms with E-state index in [2.05, 4.69) is 33.0 Å². The fraction of sp³-hybridized carbons (Fsp3) is 0.600. The summed E-state index contributed by atoms with van der Waals surface area (Å²) in [6.45, 7) is 10.8. The molecular weight excluding hydrogens is 249 g/mol. The number of rotatable bonds is 4. The Hall–Kier alpha value is -0.600. The minimum absolute atomic E-state index is 0.235. The van der Waals surface area contributed by atoms with Crippen molar-refractivity contribution in [2.75, 3.05) is 6.54 Å². The molecule has 0 unspecified atom stereocenters. The molecule has 0 heterocycles. The van der Waals surface area contributed by atoms with Gasteiger partial charge in [0.15, 0.2) is 0 Å². The number of nitrogens with one attached hydrogen (secondary N) is 1. The van der Waals surface area contributed by atoms with E-state index in [1.54, 1.807) is 6.07 Å². The molecule has 1 aromatic rings. The average Bonchev–Trinajstić information content (AvgIpc) is 2.66. The molecule has 1 nitrogen and oxygen atoms in total. The topological polar surface area (TPSA) is 12.0 Å². The van der Waals surface area contributed by atoms with Crippen molar-refractivity contribution >= 4 is 11.6 Å². The van der Waals surface area contributed by atoms with Gasteiger partial charge >= 0.3 is 0 Å². The Labute approximate surface area is 114 Å². The van der Waals surface area contributed by atoms with Crippen LogP contribution in [0.4, 0.5) is 4.39 Å². The SMILES string of the molecule is CC1(C)C(CNCc2cccc(F)c2Cl)C1(C)C. The molecule has 1 saturated carbocycles. The molecule has 0 spiro atoms. The minimum atomic E-state index is -0.344. The highest BCUT2D eigenvalue weighted by molar-refractivity contribution is 6.31. The molecule has 3 heteroatoms. The van der Waals surface area contributed by atoms with Crippen molar-refractivity contribution in [1.82, 2.24) is 5.32 Å². The van der Waals surface area contributed by atoms with E-state index in [-0.39, 0.29) is 10.8 Å². The van der Waals surface area contributed by atoms with Gasteiger partial charge < -0.3 is 5.32 Å². The van der Waals surface area contributed by atoms with Crippen LogP contribution in [0.2, 0.25) is 5.02 Å². The second kappa shape index (κ2) is 4.50. The van der Waals surface area contributed by atoms with Gasteiger partial charge in [-0.2, -0.15) is 0 Å². The lowest BCUT2D eigenvalue weighted by Crippen LogP contribution is -2.19. The first-order valence-corrected chi connectivity index (χ1v) is 6.80. The molecule has 0 amide bonds. The third-order valence-corrected chi connectivity index (χ3v) is 5.44. The highest BCUT2D eigenvalue weighted by Crippen LogP contribution is 2.67. The molecule has 0 saturated heterocycles. The van der Waals surface area contributed by atoms with Crippen LogP contribution in [0, 0.1) is 22.6 Å². The van der Waals surface area contributed by atoms with E-state index in [1.165, 1.54) is 6.07 Å². The predicted octanol–water partition coefficient (Wildman–Crippen LogP) is 4.25. The largest absolute Gasteiger partial charge is 0.312 e. The third-order valence-electron chi connectivity index (χ3n) is 5.02. The van der Waals surface area contributed by atoms with E-state index in [1.807, 2.05) is 6.07 Å². The van der Waals surface area contributed by atoms with E-state index in [9.17, 15) is 4.39 Å². The molecule has 0 aliphatic heterocycles. The molecule has 100 valence electrons. The standard InChI is InChI=1S/C15H21ClFN/c1-14(2)12(15(14,3)4)9-18-8-10-6-5-7-11(17)13(10)16/h5-7,12,18H,8-9H2,1-4H3. The van der Waals surface area contributed by atoms with Crippen molar-refractivity contribution in [3.05, 3.63) is 34.6 Å². The summed E-state index contributed by atoms with van der Waals surface area (Å²) in [7, 11) is 0. The van der Waals surface area contributed by atoms with Crippen molar-refractivity contribution in [3.8, 4) is 0 Å². The normalized spacial score (nSPS) is 21.0. The number of hydrogen-bond donors (Lipinski definition) is 1. The zero-order chi connectivity index (χ0) is 13.6. The van der Waals surface area contributed by atoms with Crippen LogP contribution < -0.4 is 5.32 Å².